The van der Waals surface area contributed by atoms with Gasteiger partial charge in [-0.3, -0.25) is 4.79 Å². The van der Waals surface area contributed by atoms with Gasteiger partial charge in [-0.1, -0.05) is 0 Å². The maximum atomic E-state index is 11.5. The summed E-state index contributed by atoms with van der Waals surface area (Å²) in [6.07, 6.45) is 3.99. The maximum Gasteiger partial charge on any atom is 0.220 e. The van der Waals surface area contributed by atoms with Crippen LogP contribution in [-0.4, -0.2) is 31.8 Å². The van der Waals surface area contributed by atoms with Gasteiger partial charge in [0.05, 0.1) is 0 Å². The summed E-state index contributed by atoms with van der Waals surface area (Å²) in [4.78, 5) is 11.5. The molecule has 0 radical (unpaired) electrons. The van der Waals surface area contributed by atoms with Gasteiger partial charge in [0.25, 0.3) is 0 Å². The Bertz CT molecular complexity index is 193. The fourth-order valence-electron chi connectivity index (χ4n) is 1.46. The molecule has 4 heteroatoms. The summed E-state index contributed by atoms with van der Waals surface area (Å²) in [5.74, 6) is 1.03. The second-order valence-corrected chi connectivity index (χ2v) is 4.46. The Kier molecular flexibility index (Phi) is 4.75. The largest absolute Gasteiger partial charge is 0.356 e. The Morgan fingerprint density at radius 2 is 2.14 bits per heavy atom. The molecule has 0 aromatic rings. The van der Waals surface area contributed by atoms with Crippen LogP contribution >= 0.6 is 12.6 Å². The fraction of sp³-hybridized carbons (Fsp3) is 0.900. The van der Waals surface area contributed by atoms with Crippen LogP contribution in [0.2, 0.25) is 0 Å². The summed E-state index contributed by atoms with van der Waals surface area (Å²) < 4.78 is 0. The third-order valence-corrected chi connectivity index (χ3v) is 3.42. The second kappa shape index (κ2) is 5.61. The molecule has 2 N–H and O–H groups in total. The van der Waals surface area contributed by atoms with Gasteiger partial charge in [-0.25, -0.2) is 0 Å². The first-order chi connectivity index (χ1) is 6.72. The number of hydrogen-bond acceptors (Lipinski definition) is 3. The lowest BCUT2D eigenvalue weighted by Gasteiger charge is -2.11. The zero-order valence-corrected chi connectivity index (χ0v) is 9.70. The minimum Gasteiger partial charge on any atom is -0.356 e. The molecular formula is C10H20N2OS. The van der Waals surface area contributed by atoms with Crippen LogP contribution < -0.4 is 10.6 Å². The van der Waals surface area contributed by atoms with Crippen molar-refractivity contribution in [3.8, 4) is 0 Å². The minimum atomic E-state index is 0.188. The number of nitrogens with one attached hydrogen (secondary N) is 2. The average molecular weight is 216 g/mol. The van der Waals surface area contributed by atoms with Crippen molar-refractivity contribution in [1.82, 2.24) is 10.6 Å². The quantitative estimate of drug-likeness (QED) is 0.435. The Morgan fingerprint density at radius 1 is 1.43 bits per heavy atom. The molecule has 0 bridgehead atoms. The minimum absolute atomic E-state index is 0.188. The summed E-state index contributed by atoms with van der Waals surface area (Å²) in [6.45, 7) is 1.74. The highest BCUT2D eigenvalue weighted by Crippen LogP contribution is 2.49. The highest BCUT2D eigenvalue weighted by Gasteiger charge is 2.42. The van der Waals surface area contributed by atoms with Crippen molar-refractivity contribution >= 4 is 18.5 Å². The number of amides is 1. The van der Waals surface area contributed by atoms with Crippen molar-refractivity contribution in [1.29, 1.82) is 0 Å². The lowest BCUT2D eigenvalue weighted by atomic mass is 10.1. The summed E-state index contributed by atoms with van der Waals surface area (Å²) in [6, 6.07) is 0. The van der Waals surface area contributed by atoms with Gasteiger partial charge in [-0.05, 0) is 44.0 Å². The topological polar surface area (TPSA) is 41.1 Å². The Hall–Kier alpha value is -0.220. The molecule has 1 rings (SSSR count). The van der Waals surface area contributed by atoms with E-state index in [1.807, 2.05) is 7.05 Å². The van der Waals surface area contributed by atoms with Gasteiger partial charge in [0, 0.05) is 13.0 Å². The van der Waals surface area contributed by atoms with Crippen LogP contribution in [0.5, 0.6) is 0 Å². The molecule has 0 aromatic carbocycles. The van der Waals surface area contributed by atoms with Gasteiger partial charge in [-0.2, -0.15) is 12.6 Å². The number of carbonyl (C=O) groups excluding carboxylic acids is 1. The van der Waals surface area contributed by atoms with Crippen molar-refractivity contribution in [3.05, 3.63) is 0 Å². The van der Waals surface area contributed by atoms with Crippen LogP contribution in [0.3, 0.4) is 0 Å². The fourth-order valence-corrected chi connectivity index (χ4v) is 1.89. The van der Waals surface area contributed by atoms with E-state index in [0.29, 0.717) is 6.42 Å². The second-order valence-electron chi connectivity index (χ2n) is 4.14. The van der Waals surface area contributed by atoms with Gasteiger partial charge >= 0.3 is 0 Å². The van der Waals surface area contributed by atoms with Crippen LogP contribution in [0.4, 0.5) is 0 Å². The average Bonchev–Trinajstić information content (AvgIpc) is 2.93. The summed E-state index contributed by atoms with van der Waals surface area (Å²) in [7, 11) is 1.92. The van der Waals surface area contributed by atoms with E-state index in [1.54, 1.807) is 0 Å². The zero-order chi connectivity index (χ0) is 10.4. The monoisotopic (exact) mass is 216 g/mol. The molecule has 0 atom stereocenters. The van der Waals surface area contributed by atoms with Gasteiger partial charge in [-0.15, -0.1) is 0 Å². The van der Waals surface area contributed by atoms with Crippen molar-refractivity contribution in [2.45, 2.75) is 25.7 Å². The van der Waals surface area contributed by atoms with E-state index in [4.69, 9.17) is 0 Å². The van der Waals surface area contributed by atoms with Crippen molar-refractivity contribution in [2.24, 2.45) is 5.41 Å². The zero-order valence-electron chi connectivity index (χ0n) is 8.81. The van der Waals surface area contributed by atoms with Gasteiger partial charge in [0.2, 0.25) is 5.91 Å². The molecule has 1 saturated carbocycles. The summed E-state index contributed by atoms with van der Waals surface area (Å²) >= 11 is 4.27. The molecule has 0 aliphatic heterocycles. The third-order valence-electron chi connectivity index (χ3n) is 2.75. The first kappa shape index (κ1) is 11.9. The van der Waals surface area contributed by atoms with E-state index in [0.717, 1.165) is 25.3 Å². The molecule has 14 heavy (non-hydrogen) atoms. The van der Waals surface area contributed by atoms with Crippen LogP contribution in [0, 0.1) is 5.41 Å². The smallest absolute Gasteiger partial charge is 0.220 e. The Morgan fingerprint density at radius 3 is 2.64 bits per heavy atom. The number of carbonyl (C=O) groups is 1. The van der Waals surface area contributed by atoms with Crippen LogP contribution in [0.25, 0.3) is 0 Å². The van der Waals surface area contributed by atoms with Crippen molar-refractivity contribution in [3.63, 3.8) is 0 Å². The normalized spacial score (nSPS) is 17.9. The van der Waals surface area contributed by atoms with E-state index in [9.17, 15) is 4.79 Å². The SMILES string of the molecule is CNCCCNC(=O)CC1(CS)CC1. The van der Waals surface area contributed by atoms with Crippen LogP contribution in [-0.2, 0) is 4.79 Å². The molecular weight excluding hydrogens is 196 g/mol. The molecule has 0 spiro atoms. The first-order valence-electron chi connectivity index (χ1n) is 5.25. The van der Waals surface area contributed by atoms with Gasteiger partial charge in [0.15, 0.2) is 0 Å². The first-order valence-corrected chi connectivity index (χ1v) is 5.88. The van der Waals surface area contributed by atoms with E-state index in [2.05, 4.69) is 23.3 Å². The standard InChI is InChI=1S/C10H20N2OS/c1-11-5-2-6-12-9(13)7-10(8-14)3-4-10/h11,14H,2-8H2,1H3,(H,12,13). The van der Waals surface area contributed by atoms with E-state index < -0.39 is 0 Å². The summed E-state index contributed by atoms with van der Waals surface area (Å²) in [5, 5.41) is 5.98. The molecule has 0 heterocycles. The van der Waals surface area contributed by atoms with Gasteiger partial charge in [0.1, 0.15) is 0 Å². The van der Waals surface area contributed by atoms with E-state index in [-0.39, 0.29) is 11.3 Å². The lowest BCUT2D eigenvalue weighted by molar-refractivity contribution is -0.122. The molecule has 0 saturated heterocycles. The molecule has 1 fully saturated rings. The van der Waals surface area contributed by atoms with E-state index in [1.165, 1.54) is 12.8 Å². The number of rotatable bonds is 7. The molecule has 82 valence electrons. The lowest BCUT2D eigenvalue weighted by Crippen LogP contribution is -2.29. The maximum absolute atomic E-state index is 11.5. The Balaban J connectivity index is 2.04. The molecule has 1 aliphatic carbocycles. The predicted octanol–water partition coefficient (Wildman–Crippen LogP) is 0.812. The highest BCUT2D eigenvalue weighted by molar-refractivity contribution is 7.80. The number of thiol groups is 1. The molecule has 0 aromatic heterocycles. The van der Waals surface area contributed by atoms with Gasteiger partial charge < -0.3 is 10.6 Å². The molecule has 1 amide bonds. The number of hydrogen-bond donors (Lipinski definition) is 3. The van der Waals surface area contributed by atoms with E-state index >= 15 is 0 Å². The molecule has 1 aliphatic rings. The molecule has 0 unspecified atom stereocenters. The van der Waals surface area contributed by atoms with Crippen molar-refractivity contribution in [2.75, 3.05) is 25.9 Å². The predicted molar refractivity (Wildman–Crippen MR) is 61.7 cm³/mol. The Labute approximate surface area is 91.4 Å². The third kappa shape index (κ3) is 3.88. The molecule has 3 nitrogen and oxygen atoms in total. The van der Waals surface area contributed by atoms with Crippen LogP contribution in [0.1, 0.15) is 25.7 Å². The summed E-state index contributed by atoms with van der Waals surface area (Å²) in [5.41, 5.74) is 0.246. The van der Waals surface area contributed by atoms with Crippen molar-refractivity contribution < 1.29 is 4.79 Å². The van der Waals surface area contributed by atoms with Crippen LogP contribution in [0.15, 0.2) is 0 Å². The highest BCUT2D eigenvalue weighted by atomic mass is 32.1.